The van der Waals surface area contributed by atoms with Crippen molar-refractivity contribution in [2.24, 2.45) is 0 Å². The highest BCUT2D eigenvalue weighted by molar-refractivity contribution is 7.15. The Morgan fingerprint density at radius 1 is 1.43 bits per heavy atom. The molecule has 2 rings (SSSR count). The van der Waals surface area contributed by atoms with E-state index < -0.39 is 0 Å². The van der Waals surface area contributed by atoms with Crippen molar-refractivity contribution in [1.29, 1.82) is 0 Å². The average molecular weight is 213 g/mol. The highest BCUT2D eigenvalue weighted by atomic mass is 32.1. The zero-order chi connectivity index (χ0) is 10.1. The fourth-order valence-electron chi connectivity index (χ4n) is 1.76. The monoisotopic (exact) mass is 213 g/mol. The largest absolute Gasteiger partial charge is 0.373 e. The van der Waals surface area contributed by atoms with E-state index in [2.05, 4.69) is 29.4 Å². The van der Waals surface area contributed by atoms with Crippen LogP contribution in [0, 0.1) is 6.92 Å². The van der Waals surface area contributed by atoms with E-state index in [1.165, 1.54) is 0 Å². The van der Waals surface area contributed by atoms with Gasteiger partial charge in [0.05, 0.1) is 18.2 Å². The summed E-state index contributed by atoms with van der Waals surface area (Å²) in [5.41, 5.74) is 0. The lowest BCUT2D eigenvalue weighted by Crippen LogP contribution is -2.26. The van der Waals surface area contributed by atoms with Crippen molar-refractivity contribution in [2.45, 2.75) is 45.4 Å². The molecule has 0 radical (unpaired) electrons. The van der Waals surface area contributed by atoms with Crippen LogP contribution in [0.2, 0.25) is 0 Å². The fourth-order valence-corrected chi connectivity index (χ4v) is 2.41. The first-order chi connectivity index (χ1) is 6.65. The molecule has 1 aliphatic rings. The van der Waals surface area contributed by atoms with Gasteiger partial charge in [-0.1, -0.05) is 11.3 Å². The zero-order valence-corrected chi connectivity index (χ0v) is 9.47. The first kappa shape index (κ1) is 9.86. The summed E-state index contributed by atoms with van der Waals surface area (Å²) in [6, 6.07) is 0.373. The minimum atomic E-state index is 0.259. The van der Waals surface area contributed by atoms with Crippen molar-refractivity contribution < 1.29 is 4.74 Å². The summed E-state index contributed by atoms with van der Waals surface area (Å²) in [4.78, 5) is 0. The SMILES string of the molecule is Cc1nnc(NC2CC(C)OC2C)s1. The molecule has 0 aromatic carbocycles. The van der Waals surface area contributed by atoms with Gasteiger partial charge in [-0.25, -0.2) is 0 Å². The lowest BCUT2D eigenvalue weighted by molar-refractivity contribution is 0.0650. The molecule has 0 bridgehead atoms. The van der Waals surface area contributed by atoms with Gasteiger partial charge >= 0.3 is 0 Å². The van der Waals surface area contributed by atoms with Gasteiger partial charge in [0.15, 0.2) is 0 Å². The maximum Gasteiger partial charge on any atom is 0.205 e. The number of ether oxygens (including phenoxy) is 1. The number of aryl methyl sites for hydroxylation is 1. The van der Waals surface area contributed by atoms with Crippen LogP contribution in [0.5, 0.6) is 0 Å². The third kappa shape index (κ3) is 2.04. The van der Waals surface area contributed by atoms with Crippen LogP contribution in [0.3, 0.4) is 0 Å². The number of hydrogen-bond donors (Lipinski definition) is 1. The van der Waals surface area contributed by atoms with Gasteiger partial charge in [-0.15, -0.1) is 10.2 Å². The topological polar surface area (TPSA) is 47.0 Å². The standard InChI is InChI=1S/C9H15N3OS/c1-5-4-8(6(2)13-5)10-9-12-11-7(3)14-9/h5-6,8H,4H2,1-3H3,(H,10,12). The van der Waals surface area contributed by atoms with Crippen molar-refractivity contribution in [3.05, 3.63) is 5.01 Å². The van der Waals surface area contributed by atoms with E-state index in [-0.39, 0.29) is 6.10 Å². The van der Waals surface area contributed by atoms with Gasteiger partial charge in [-0.2, -0.15) is 0 Å². The lowest BCUT2D eigenvalue weighted by Gasteiger charge is -2.13. The van der Waals surface area contributed by atoms with Gasteiger partial charge in [0.2, 0.25) is 5.13 Å². The Morgan fingerprint density at radius 2 is 2.21 bits per heavy atom. The molecule has 3 unspecified atom stereocenters. The Kier molecular flexibility index (Phi) is 2.69. The van der Waals surface area contributed by atoms with E-state index in [0.717, 1.165) is 16.6 Å². The maximum atomic E-state index is 5.65. The molecule has 1 fully saturated rings. The van der Waals surface area contributed by atoms with Crippen LogP contribution >= 0.6 is 11.3 Å². The molecular weight excluding hydrogens is 198 g/mol. The average Bonchev–Trinajstić information content (AvgIpc) is 2.61. The Bertz CT molecular complexity index is 315. The number of aromatic nitrogens is 2. The molecule has 3 atom stereocenters. The molecule has 5 heteroatoms. The number of nitrogens with zero attached hydrogens (tertiary/aromatic N) is 2. The second-order valence-corrected chi connectivity index (χ2v) is 4.95. The predicted molar refractivity (Wildman–Crippen MR) is 56.7 cm³/mol. The van der Waals surface area contributed by atoms with Crippen molar-refractivity contribution >= 4 is 16.5 Å². The summed E-state index contributed by atoms with van der Waals surface area (Å²) < 4.78 is 5.65. The minimum Gasteiger partial charge on any atom is -0.373 e. The molecule has 1 aliphatic heterocycles. The zero-order valence-electron chi connectivity index (χ0n) is 8.65. The van der Waals surface area contributed by atoms with Crippen LogP contribution in [-0.2, 0) is 4.74 Å². The van der Waals surface area contributed by atoms with Crippen LogP contribution in [-0.4, -0.2) is 28.4 Å². The van der Waals surface area contributed by atoms with E-state index in [0.29, 0.717) is 12.1 Å². The van der Waals surface area contributed by atoms with Gasteiger partial charge in [0, 0.05) is 0 Å². The number of anilines is 1. The van der Waals surface area contributed by atoms with Crippen LogP contribution in [0.25, 0.3) is 0 Å². The van der Waals surface area contributed by atoms with Crippen LogP contribution in [0.1, 0.15) is 25.3 Å². The molecule has 1 saturated heterocycles. The Balaban J connectivity index is 1.98. The third-order valence-electron chi connectivity index (χ3n) is 2.43. The van der Waals surface area contributed by atoms with Crippen LogP contribution < -0.4 is 5.32 Å². The van der Waals surface area contributed by atoms with Gasteiger partial charge < -0.3 is 10.1 Å². The Morgan fingerprint density at radius 3 is 2.71 bits per heavy atom. The minimum absolute atomic E-state index is 0.259. The highest BCUT2D eigenvalue weighted by Crippen LogP contribution is 2.24. The second-order valence-electron chi connectivity index (χ2n) is 3.76. The van der Waals surface area contributed by atoms with E-state index in [4.69, 9.17) is 4.74 Å². The van der Waals surface area contributed by atoms with Crippen molar-refractivity contribution in [3.8, 4) is 0 Å². The van der Waals surface area contributed by atoms with Crippen LogP contribution in [0.15, 0.2) is 0 Å². The lowest BCUT2D eigenvalue weighted by atomic mass is 10.1. The number of hydrogen-bond acceptors (Lipinski definition) is 5. The van der Waals surface area contributed by atoms with E-state index in [1.54, 1.807) is 11.3 Å². The Labute approximate surface area is 87.7 Å². The predicted octanol–water partition coefficient (Wildman–Crippen LogP) is 1.82. The molecular formula is C9H15N3OS. The summed E-state index contributed by atoms with van der Waals surface area (Å²) in [5.74, 6) is 0. The van der Waals surface area contributed by atoms with Crippen molar-refractivity contribution in [2.75, 3.05) is 5.32 Å². The van der Waals surface area contributed by atoms with Gasteiger partial charge in [0.25, 0.3) is 0 Å². The molecule has 4 nitrogen and oxygen atoms in total. The highest BCUT2D eigenvalue weighted by Gasteiger charge is 2.29. The molecule has 0 saturated carbocycles. The van der Waals surface area contributed by atoms with Gasteiger partial charge in [-0.3, -0.25) is 0 Å². The fraction of sp³-hybridized carbons (Fsp3) is 0.778. The van der Waals surface area contributed by atoms with Crippen molar-refractivity contribution in [3.63, 3.8) is 0 Å². The Hall–Kier alpha value is -0.680. The third-order valence-corrected chi connectivity index (χ3v) is 3.20. The summed E-state index contributed by atoms with van der Waals surface area (Å²) >= 11 is 1.59. The number of rotatable bonds is 2. The van der Waals surface area contributed by atoms with Crippen molar-refractivity contribution in [1.82, 2.24) is 10.2 Å². The van der Waals surface area contributed by atoms with E-state index >= 15 is 0 Å². The maximum absolute atomic E-state index is 5.65. The molecule has 1 aromatic heterocycles. The smallest absolute Gasteiger partial charge is 0.205 e. The molecule has 0 amide bonds. The number of nitrogens with one attached hydrogen (secondary N) is 1. The summed E-state index contributed by atoms with van der Waals surface area (Å²) in [7, 11) is 0. The molecule has 78 valence electrons. The molecule has 2 heterocycles. The van der Waals surface area contributed by atoms with E-state index in [1.807, 2.05) is 6.92 Å². The molecule has 1 aromatic rings. The summed E-state index contributed by atoms with van der Waals surface area (Å²) in [6.45, 7) is 6.15. The normalized spacial score (nSPS) is 32.1. The van der Waals surface area contributed by atoms with Crippen LogP contribution in [0.4, 0.5) is 5.13 Å². The van der Waals surface area contributed by atoms with Gasteiger partial charge in [-0.05, 0) is 27.2 Å². The van der Waals surface area contributed by atoms with Gasteiger partial charge in [0.1, 0.15) is 5.01 Å². The summed E-state index contributed by atoms with van der Waals surface area (Å²) in [6.07, 6.45) is 1.64. The molecule has 1 N–H and O–H groups in total. The molecule has 0 spiro atoms. The van der Waals surface area contributed by atoms with E-state index in [9.17, 15) is 0 Å². The molecule has 0 aliphatic carbocycles. The quantitative estimate of drug-likeness (QED) is 0.814. The first-order valence-corrected chi connectivity index (χ1v) is 5.69. The second kappa shape index (κ2) is 3.82. The molecule has 14 heavy (non-hydrogen) atoms. The first-order valence-electron chi connectivity index (χ1n) is 4.87. The summed E-state index contributed by atoms with van der Waals surface area (Å²) in [5, 5.41) is 13.3.